The fraction of sp³-hybridized carbons (Fsp3) is 0.517. The largest absolute Gasteiger partial charge is 0.493 e. The quantitative estimate of drug-likeness (QED) is 0.383. The Balaban J connectivity index is 1.74. The van der Waals surface area contributed by atoms with Crippen molar-refractivity contribution in [3.8, 4) is 5.75 Å². The van der Waals surface area contributed by atoms with Gasteiger partial charge < -0.3 is 24.1 Å². The molecule has 0 aliphatic carbocycles. The number of ether oxygens (including phenoxy) is 4. The van der Waals surface area contributed by atoms with Gasteiger partial charge in [0.25, 0.3) is 5.56 Å². The number of aromatic nitrogens is 2. The van der Waals surface area contributed by atoms with Crippen molar-refractivity contribution in [2.75, 3.05) is 33.0 Å². The van der Waals surface area contributed by atoms with Crippen LogP contribution >= 0.6 is 11.3 Å². The molecule has 12 heteroatoms. The maximum Gasteiger partial charge on any atom is 0.333 e. The Morgan fingerprint density at radius 2 is 1.95 bits per heavy atom. The SMILES string of the molecule is CCOc1ccccc1[C@H](Cn1c(=O)n(C(C)(C)C(=O)O)c(=O)c2c(C)c(C3=NCCO3)sc21)OC1CCOCC1. The molecule has 0 radical (unpaired) electrons. The van der Waals surface area contributed by atoms with Gasteiger partial charge in [-0.25, -0.2) is 19.1 Å². The lowest BCUT2D eigenvalue weighted by Gasteiger charge is -2.30. The summed E-state index contributed by atoms with van der Waals surface area (Å²) in [6.45, 7) is 8.91. The van der Waals surface area contributed by atoms with Crippen LogP contribution in [-0.4, -0.2) is 65.2 Å². The second-order valence-corrected chi connectivity index (χ2v) is 11.6. The number of fused-ring (bicyclic) bond motifs is 1. The Morgan fingerprint density at radius 3 is 2.61 bits per heavy atom. The molecule has 4 heterocycles. The van der Waals surface area contributed by atoms with Crippen LogP contribution in [0.4, 0.5) is 0 Å². The van der Waals surface area contributed by atoms with Gasteiger partial charge in [-0.3, -0.25) is 9.36 Å². The zero-order valence-electron chi connectivity index (χ0n) is 23.7. The molecule has 1 fully saturated rings. The first kappa shape index (κ1) is 29.0. The van der Waals surface area contributed by atoms with E-state index in [9.17, 15) is 19.5 Å². The van der Waals surface area contributed by atoms with E-state index in [4.69, 9.17) is 18.9 Å². The van der Waals surface area contributed by atoms with E-state index in [1.165, 1.54) is 29.8 Å². The molecule has 3 aromatic rings. The molecule has 0 amide bonds. The Bertz CT molecular complexity index is 1600. The molecule has 41 heavy (non-hydrogen) atoms. The first-order valence-corrected chi connectivity index (χ1v) is 14.6. The summed E-state index contributed by atoms with van der Waals surface area (Å²) < 4.78 is 26.1. The summed E-state index contributed by atoms with van der Waals surface area (Å²) in [6, 6.07) is 7.51. The predicted octanol–water partition coefficient (Wildman–Crippen LogP) is 3.47. The van der Waals surface area contributed by atoms with Gasteiger partial charge in [-0.15, -0.1) is 11.3 Å². The summed E-state index contributed by atoms with van der Waals surface area (Å²) in [5, 5.41) is 10.3. The molecule has 1 aromatic carbocycles. The molecule has 0 unspecified atom stereocenters. The number of benzene rings is 1. The van der Waals surface area contributed by atoms with E-state index in [1.807, 2.05) is 31.2 Å². The van der Waals surface area contributed by atoms with Crippen molar-refractivity contribution < 1.29 is 28.8 Å². The number of hydrogen-bond donors (Lipinski definition) is 1. The molecule has 220 valence electrons. The van der Waals surface area contributed by atoms with E-state index in [1.54, 1.807) is 6.92 Å². The lowest BCUT2D eigenvalue weighted by atomic mass is 10.0. The number of aliphatic carboxylic acids is 1. The van der Waals surface area contributed by atoms with Crippen molar-refractivity contribution in [2.24, 2.45) is 4.99 Å². The molecule has 0 saturated carbocycles. The van der Waals surface area contributed by atoms with Gasteiger partial charge in [0, 0.05) is 18.8 Å². The second-order valence-electron chi connectivity index (χ2n) is 10.6. The van der Waals surface area contributed by atoms with E-state index in [2.05, 4.69) is 4.99 Å². The van der Waals surface area contributed by atoms with Gasteiger partial charge in [0.05, 0.1) is 36.1 Å². The van der Waals surface area contributed by atoms with Crippen LogP contribution in [0.25, 0.3) is 10.2 Å². The van der Waals surface area contributed by atoms with Crippen LogP contribution in [0.2, 0.25) is 0 Å². The molecule has 1 atom stereocenters. The van der Waals surface area contributed by atoms with Crippen LogP contribution in [0.5, 0.6) is 5.75 Å². The number of para-hydroxylation sites is 1. The third kappa shape index (κ3) is 5.43. The highest BCUT2D eigenvalue weighted by molar-refractivity contribution is 7.20. The molecule has 5 rings (SSSR count). The number of thiophene rings is 1. The smallest absolute Gasteiger partial charge is 0.333 e. The summed E-state index contributed by atoms with van der Waals surface area (Å²) in [7, 11) is 0. The van der Waals surface area contributed by atoms with Crippen LogP contribution < -0.4 is 16.0 Å². The number of rotatable bonds is 10. The highest BCUT2D eigenvalue weighted by atomic mass is 32.1. The Labute approximate surface area is 240 Å². The molecule has 2 aliphatic heterocycles. The van der Waals surface area contributed by atoms with Gasteiger partial charge >= 0.3 is 11.7 Å². The van der Waals surface area contributed by atoms with Crippen molar-refractivity contribution in [1.82, 2.24) is 9.13 Å². The van der Waals surface area contributed by atoms with Gasteiger partial charge in [-0.1, -0.05) is 18.2 Å². The van der Waals surface area contributed by atoms with Crippen molar-refractivity contribution >= 4 is 33.4 Å². The fourth-order valence-electron chi connectivity index (χ4n) is 5.23. The molecular weight excluding hydrogens is 550 g/mol. The minimum atomic E-state index is -1.81. The standard InChI is InChI=1S/C29H35N3O8S/c1-5-38-20-9-7-6-8-19(20)21(40-18-10-13-37-14-11-18)16-31-26-22(17(2)23(41-26)24-30-12-15-39-24)25(33)32(28(31)36)29(3,4)27(34)35/h6-9,18,21H,5,10-16H2,1-4H3,(H,34,35)/t21-/m0/s1. The Hall–Kier alpha value is -3.48. The summed E-state index contributed by atoms with van der Waals surface area (Å²) >= 11 is 1.24. The molecule has 1 saturated heterocycles. The molecule has 2 aliphatic rings. The average molecular weight is 586 g/mol. The van der Waals surface area contributed by atoms with Crippen molar-refractivity contribution in [1.29, 1.82) is 0 Å². The number of aryl methyl sites for hydroxylation is 1. The van der Waals surface area contributed by atoms with Gasteiger partial charge in [0.15, 0.2) is 0 Å². The molecule has 2 aromatic heterocycles. The number of carboxylic acids is 1. The van der Waals surface area contributed by atoms with Crippen molar-refractivity contribution in [3.63, 3.8) is 0 Å². The molecular formula is C29H35N3O8S. The van der Waals surface area contributed by atoms with E-state index >= 15 is 0 Å². The first-order valence-electron chi connectivity index (χ1n) is 13.8. The summed E-state index contributed by atoms with van der Waals surface area (Å²) in [6.07, 6.45) is 0.648. The monoisotopic (exact) mass is 585 g/mol. The second kappa shape index (κ2) is 11.8. The normalized spacial score (nSPS) is 16.9. The third-order valence-corrected chi connectivity index (χ3v) is 8.82. The van der Waals surface area contributed by atoms with Crippen LogP contribution in [0, 0.1) is 6.92 Å². The zero-order chi connectivity index (χ0) is 29.3. The van der Waals surface area contributed by atoms with Gasteiger partial charge in [-0.2, -0.15) is 0 Å². The van der Waals surface area contributed by atoms with Crippen molar-refractivity contribution in [2.45, 2.75) is 64.8 Å². The minimum Gasteiger partial charge on any atom is -0.493 e. The molecule has 11 nitrogen and oxygen atoms in total. The average Bonchev–Trinajstić information content (AvgIpc) is 3.59. The van der Waals surface area contributed by atoms with Crippen LogP contribution in [0.3, 0.4) is 0 Å². The number of nitrogens with zero attached hydrogens (tertiary/aromatic N) is 3. The van der Waals surface area contributed by atoms with E-state index in [-0.39, 0.29) is 18.0 Å². The first-order chi connectivity index (χ1) is 19.6. The minimum absolute atomic E-state index is 0.0273. The van der Waals surface area contributed by atoms with Gasteiger partial charge in [0.2, 0.25) is 5.90 Å². The maximum atomic E-state index is 14.2. The number of carboxylic acid groups (broad SMARTS) is 1. The van der Waals surface area contributed by atoms with Crippen LogP contribution in [-0.2, 0) is 31.1 Å². The highest BCUT2D eigenvalue weighted by Gasteiger charge is 2.36. The summed E-state index contributed by atoms with van der Waals surface area (Å²) in [5.41, 5.74) is -1.85. The fourth-order valence-corrected chi connectivity index (χ4v) is 6.50. The van der Waals surface area contributed by atoms with E-state index in [0.29, 0.717) is 72.7 Å². The van der Waals surface area contributed by atoms with Crippen molar-refractivity contribution in [3.05, 3.63) is 61.1 Å². The topological polar surface area (TPSA) is 131 Å². The zero-order valence-corrected chi connectivity index (χ0v) is 24.5. The Kier molecular flexibility index (Phi) is 8.35. The lowest BCUT2D eigenvalue weighted by molar-refractivity contribution is -0.146. The molecule has 0 spiro atoms. The lowest BCUT2D eigenvalue weighted by Crippen LogP contribution is -2.52. The van der Waals surface area contributed by atoms with E-state index < -0.39 is 28.9 Å². The highest BCUT2D eigenvalue weighted by Crippen LogP contribution is 2.35. The summed E-state index contributed by atoms with van der Waals surface area (Å²) in [5.74, 6) is -0.244. The van der Waals surface area contributed by atoms with Crippen LogP contribution in [0.1, 0.15) is 55.7 Å². The number of carbonyl (C=O) groups is 1. The maximum absolute atomic E-state index is 14.2. The Morgan fingerprint density at radius 1 is 1.22 bits per heavy atom. The van der Waals surface area contributed by atoms with Crippen LogP contribution in [0.15, 0.2) is 38.8 Å². The number of aliphatic imine (C=N–C) groups is 1. The number of hydrogen-bond acceptors (Lipinski definition) is 9. The predicted molar refractivity (Wildman–Crippen MR) is 155 cm³/mol. The third-order valence-electron chi connectivity index (χ3n) is 7.51. The van der Waals surface area contributed by atoms with Gasteiger partial charge in [0.1, 0.15) is 28.8 Å². The molecule has 1 N–H and O–H groups in total. The summed E-state index contributed by atoms with van der Waals surface area (Å²) in [4.78, 5) is 45.8. The molecule has 0 bridgehead atoms. The van der Waals surface area contributed by atoms with E-state index in [0.717, 1.165) is 10.1 Å². The van der Waals surface area contributed by atoms with Gasteiger partial charge in [-0.05, 0) is 52.2 Å².